The van der Waals surface area contributed by atoms with E-state index in [0.717, 1.165) is 28.0 Å². The SMILES string of the molecule is ClCc1ccccc1Oc1cnc2ccccc2c1. The van der Waals surface area contributed by atoms with Crippen molar-refractivity contribution in [2.75, 3.05) is 0 Å². The number of nitrogens with zero attached hydrogens (tertiary/aromatic N) is 1. The zero-order valence-corrected chi connectivity index (χ0v) is 11.0. The van der Waals surface area contributed by atoms with Crippen LogP contribution in [0.1, 0.15) is 5.56 Å². The third-order valence-electron chi connectivity index (χ3n) is 2.91. The molecule has 0 aliphatic carbocycles. The standard InChI is InChI=1S/C16H12ClNO/c17-10-13-6-2-4-8-16(13)19-14-9-12-5-1-3-7-15(12)18-11-14/h1-9,11H,10H2. The summed E-state index contributed by atoms with van der Waals surface area (Å²) < 4.78 is 5.86. The minimum absolute atomic E-state index is 0.428. The summed E-state index contributed by atoms with van der Waals surface area (Å²) in [6, 6.07) is 17.7. The average Bonchev–Trinajstić information content (AvgIpc) is 2.48. The van der Waals surface area contributed by atoms with Crippen LogP contribution in [0.25, 0.3) is 10.9 Å². The predicted octanol–water partition coefficient (Wildman–Crippen LogP) is 4.77. The molecule has 94 valence electrons. The fourth-order valence-electron chi connectivity index (χ4n) is 1.95. The van der Waals surface area contributed by atoms with Crippen LogP contribution in [0.2, 0.25) is 0 Å². The molecule has 0 saturated carbocycles. The molecule has 0 N–H and O–H groups in total. The Morgan fingerprint density at radius 2 is 1.79 bits per heavy atom. The van der Waals surface area contributed by atoms with E-state index in [-0.39, 0.29) is 0 Å². The van der Waals surface area contributed by atoms with Crippen molar-refractivity contribution in [3.8, 4) is 11.5 Å². The molecule has 3 rings (SSSR count). The fraction of sp³-hybridized carbons (Fsp3) is 0.0625. The first-order valence-corrected chi connectivity index (χ1v) is 6.57. The van der Waals surface area contributed by atoms with E-state index in [1.54, 1.807) is 6.20 Å². The molecule has 0 atom stereocenters. The molecule has 0 fully saturated rings. The lowest BCUT2D eigenvalue weighted by molar-refractivity contribution is 0.477. The lowest BCUT2D eigenvalue weighted by Gasteiger charge is -2.09. The highest BCUT2D eigenvalue weighted by Gasteiger charge is 2.04. The van der Waals surface area contributed by atoms with Crippen molar-refractivity contribution in [1.82, 2.24) is 4.98 Å². The van der Waals surface area contributed by atoms with Crippen LogP contribution in [0.3, 0.4) is 0 Å². The molecule has 2 nitrogen and oxygen atoms in total. The number of aromatic nitrogens is 1. The Balaban J connectivity index is 1.96. The van der Waals surface area contributed by atoms with E-state index in [4.69, 9.17) is 16.3 Å². The Morgan fingerprint density at radius 3 is 2.68 bits per heavy atom. The van der Waals surface area contributed by atoms with Crippen molar-refractivity contribution in [3.05, 3.63) is 66.4 Å². The quantitative estimate of drug-likeness (QED) is 0.639. The van der Waals surface area contributed by atoms with Crippen LogP contribution < -0.4 is 4.74 Å². The van der Waals surface area contributed by atoms with Gasteiger partial charge in [0.2, 0.25) is 0 Å². The molecule has 0 saturated heterocycles. The first-order chi connectivity index (χ1) is 9.36. The summed E-state index contributed by atoms with van der Waals surface area (Å²) in [5.41, 5.74) is 1.93. The molecule has 0 spiro atoms. The number of alkyl halides is 1. The summed E-state index contributed by atoms with van der Waals surface area (Å²) >= 11 is 5.90. The van der Waals surface area contributed by atoms with Gasteiger partial charge in [-0.25, -0.2) is 0 Å². The minimum Gasteiger partial charge on any atom is -0.455 e. The second kappa shape index (κ2) is 5.29. The van der Waals surface area contributed by atoms with Crippen LogP contribution in [0.5, 0.6) is 11.5 Å². The zero-order chi connectivity index (χ0) is 13.1. The van der Waals surface area contributed by atoms with Gasteiger partial charge in [0.25, 0.3) is 0 Å². The van der Waals surface area contributed by atoms with Gasteiger partial charge in [-0.05, 0) is 18.2 Å². The van der Waals surface area contributed by atoms with E-state index < -0.39 is 0 Å². The summed E-state index contributed by atoms with van der Waals surface area (Å²) in [5, 5.41) is 1.06. The number of para-hydroxylation sites is 2. The number of halogens is 1. The smallest absolute Gasteiger partial charge is 0.146 e. The maximum atomic E-state index is 5.90. The molecule has 0 bridgehead atoms. The second-order valence-electron chi connectivity index (χ2n) is 4.21. The first-order valence-electron chi connectivity index (χ1n) is 6.03. The predicted molar refractivity (Wildman–Crippen MR) is 77.8 cm³/mol. The summed E-state index contributed by atoms with van der Waals surface area (Å²) in [6.45, 7) is 0. The van der Waals surface area contributed by atoms with E-state index in [2.05, 4.69) is 4.98 Å². The Labute approximate surface area is 116 Å². The van der Waals surface area contributed by atoms with E-state index in [0.29, 0.717) is 5.88 Å². The van der Waals surface area contributed by atoms with Crippen LogP contribution in [0.15, 0.2) is 60.8 Å². The number of rotatable bonds is 3. The molecule has 0 radical (unpaired) electrons. The normalized spacial score (nSPS) is 10.6. The fourth-order valence-corrected chi connectivity index (χ4v) is 2.17. The summed E-state index contributed by atoms with van der Waals surface area (Å²) in [4.78, 5) is 4.37. The second-order valence-corrected chi connectivity index (χ2v) is 4.47. The summed E-state index contributed by atoms with van der Waals surface area (Å²) in [7, 11) is 0. The van der Waals surface area contributed by atoms with Crippen LogP contribution in [-0.2, 0) is 5.88 Å². The number of ether oxygens (including phenoxy) is 1. The zero-order valence-electron chi connectivity index (χ0n) is 10.2. The highest BCUT2D eigenvalue weighted by atomic mass is 35.5. The molecule has 2 aromatic carbocycles. The van der Waals surface area contributed by atoms with Crippen molar-refractivity contribution in [3.63, 3.8) is 0 Å². The lowest BCUT2D eigenvalue weighted by Crippen LogP contribution is -1.90. The van der Waals surface area contributed by atoms with Crippen molar-refractivity contribution >= 4 is 22.5 Å². The highest BCUT2D eigenvalue weighted by Crippen LogP contribution is 2.27. The summed E-state index contributed by atoms with van der Waals surface area (Å²) in [6.07, 6.45) is 1.73. The molecule has 3 heteroatoms. The summed E-state index contributed by atoms with van der Waals surface area (Å²) in [5.74, 6) is 1.92. The van der Waals surface area contributed by atoms with Gasteiger partial charge in [-0.3, -0.25) is 4.98 Å². The monoisotopic (exact) mass is 269 g/mol. The van der Waals surface area contributed by atoms with Gasteiger partial charge < -0.3 is 4.74 Å². The molecule has 0 aliphatic rings. The minimum atomic E-state index is 0.428. The van der Waals surface area contributed by atoms with Gasteiger partial charge in [0.15, 0.2) is 0 Å². The molecular weight excluding hydrogens is 258 g/mol. The van der Waals surface area contributed by atoms with Crippen molar-refractivity contribution in [2.45, 2.75) is 5.88 Å². The van der Waals surface area contributed by atoms with Crippen LogP contribution in [0.4, 0.5) is 0 Å². The van der Waals surface area contributed by atoms with Gasteiger partial charge in [0, 0.05) is 10.9 Å². The van der Waals surface area contributed by atoms with Gasteiger partial charge in [-0.2, -0.15) is 0 Å². The first kappa shape index (κ1) is 12.0. The number of benzene rings is 2. The van der Waals surface area contributed by atoms with E-state index in [1.807, 2.05) is 54.6 Å². The maximum Gasteiger partial charge on any atom is 0.146 e. The largest absolute Gasteiger partial charge is 0.455 e. The average molecular weight is 270 g/mol. The van der Waals surface area contributed by atoms with Crippen LogP contribution in [0, 0.1) is 0 Å². The molecule has 3 aromatic rings. The molecule has 0 amide bonds. The van der Waals surface area contributed by atoms with E-state index in [1.165, 1.54) is 0 Å². The number of hydrogen-bond acceptors (Lipinski definition) is 2. The number of hydrogen-bond donors (Lipinski definition) is 0. The molecule has 0 unspecified atom stereocenters. The van der Waals surface area contributed by atoms with Crippen LogP contribution in [-0.4, -0.2) is 4.98 Å². The van der Waals surface area contributed by atoms with Gasteiger partial charge in [-0.1, -0.05) is 36.4 Å². The number of fused-ring (bicyclic) bond motifs is 1. The molecule has 1 aromatic heterocycles. The Morgan fingerprint density at radius 1 is 1.00 bits per heavy atom. The third kappa shape index (κ3) is 2.54. The molecule has 1 heterocycles. The Bertz CT molecular complexity index is 712. The van der Waals surface area contributed by atoms with E-state index in [9.17, 15) is 0 Å². The Hall–Kier alpha value is -2.06. The van der Waals surface area contributed by atoms with Gasteiger partial charge in [-0.15, -0.1) is 11.6 Å². The van der Waals surface area contributed by atoms with Crippen molar-refractivity contribution < 1.29 is 4.74 Å². The molecular formula is C16H12ClNO. The molecule has 0 aliphatic heterocycles. The van der Waals surface area contributed by atoms with E-state index >= 15 is 0 Å². The van der Waals surface area contributed by atoms with Gasteiger partial charge in [0.05, 0.1) is 17.6 Å². The lowest BCUT2D eigenvalue weighted by atomic mass is 10.2. The topological polar surface area (TPSA) is 22.1 Å². The van der Waals surface area contributed by atoms with Crippen LogP contribution >= 0.6 is 11.6 Å². The number of pyridine rings is 1. The van der Waals surface area contributed by atoms with Gasteiger partial charge in [0.1, 0.15) is 11.5 Å². The third-order valence-corrected chi connectivity index (χ3v) is 3.20. The Kier molecular flexibility index (Phi) is 3.34. The van der Waals surface area contributed by atoms with Gasteiger partial charge >= 0.3 is 0 Å². The van der Waals surface area contributed by atoms with Crippen molar-refractivity contribution in [2.24, 2.45) is 0 Å². The maximum absolute atomic E-state index is 5.90. The van der Waals surface area contributed by atoms with Crippen molar-refractivity contribution in [1.29, 1.82) is 0 Å². The highest BCUT2D eigenvalue weighted by molar-refractivity contribution is 6.17. The molecule has 19 heavy (non-hydrogen) atoms.